The summed E-state index contributed by atoms with van der Waals surface area (Å²) < 4.78 is 45.7. The molecule has 1 aliphatic carbocycles. The number of methoxy groups -OCH3 is 1. The van der Waals surface area contributed by atoms with Crippen molar-refractivity contribution < 1.29 is 27.4 Å². The van der Waals surface area contributed by atoms with Gasteiger partial charge in [-0.05, 0) is 36.5 Å². The smallest absolute Gasteiger partial charge is 0.469 e. The molecule has 1 atom stereocenters. The minimum absolute atomic E-state index is 0.224. The standard InChI is InChI=1S/C13H13F3O3/c1-18-12(17)10-6-2-5-9-8(10)4-3-7-11(9)19-13(14,15)16/h3-4,7,10H,2,5-6H2,1H3. The van der Waals surface area contributed by atoms with Crippen LogP contribution < -0.4 is 4.74 Å². The number of rotatable bonds is 2. The number of alkyl halides is 3. The number of hydrogen-bond acceptors (Lipinski definition) is 3. The molecule has 1 unspecified atom stereocenters. The Morgan fingerprint density at radius 3 is 2.74 bits per heavy atom. The van der Waals surface area contributed by atoms with Gasteiger partial charge in [0, 0.05) is 0 Å². The average Bonchev–Trinajstić information content (AvgIpc) is 2.36. The monoisotopic (exact) mass is 274 g/mol. The molecule has 0 amide bonds. The largest absolute Gasteiger partial charge is 0.573 e. The molecule has 1 aromatic rings. The van der Waals surface area contributed by atoms with Gasteiger partial charge in [-0.2, -0.15) is 0 Å². The van der Waals surface area contributed by atoms with Crippen molar-refractivity contribution in [2.45, 2.75) is 31.5 Å². The van der Waals surface area contributed by atoms with Gasteiger partial charge >= 0.3 is 12.3 Å². The molecule has 104 valence electrons. The summed E-state index contributed by atoms with van der Waals surface area (Å²) >= 11 is 0. The van der Waals surface area contributed by atoms with E-state index < -0.39 is 18.2 Å². The van der Waals surface area contributed by atoms with Gasteiger partial charge in [-0.15, -0.1) is 13.2 Å². The minimum Gasteiger partial charge on any atom is -0.469 e. The van der Waals surface area contributed by atoms with Gasteiger partial charge in [0.15, 0.2) is 0 Å². The predicted octanol–water partition coefficient (Wildman–Crippen LogP) is 3.18. The summed E-state index contributed by atoms with van der Waals surface area (Å²) in [6, 6.07) is 4.38. The summed E-state index contributed by atoms with van der Waals surface area (Å²) in [5, 5.41) is 0. The maximum Gasteiger partial charge on any atom is 0.573 e. The van der Waals surface area contributed by atoms with E-state index in [1.807, 2.05) is 0 Å². The number of carbonyl (C=O) groups excluding carboxylic acids is 1. The molecular weight excluding hydrogens is 261 g/mol. The van der Waals surface area contributed by atoms with Crippen molar-refractivity contribution in [3.05, 3.63) is 29.3 Å². The van der Waals surface area contributed by atoms with E-state index in [0.717, 1.165) is 0 Å². The number of fused-ring (bicyclic) bond motifs is 1. The van der Waals surface area contributed by atoms with E-state index in [2.05, 4.69) is 9.47 Å². The van der Waals surface area contributed by atoms with E-state index in [4.69, 9.17) is 0 Å². The lowest BCUT2D eigenvalue weighted by Crippen LogP contribution is -2.23. The fraction of sp³-hybridized carbons (Fsp3) is 0.462. The molecule has 0 bridgehead atoms. The van der Waals surface area contributed by atoms with Crippen LogP contribution in [-0.4, -0.2) is 19.4 Å². The lowest BCUT2D eigenvalue weighted by Gasteiger charge is -2.25. The molecule has 19 heavy (non-hydrogen) atoms. The van der Waals surface area contributed by atoms with Crippen LogP contribution in [0.4, 0.5) is 13.2 Å². The van der Waals surface area contributed by atoms with E-state index in [1.165, 1.54) is 19.2 Å². The quantitative estimate of drug-likeness (QED) is 0.777. The van der Waals surface area contributed by atoms with Crippen LogP contribution in [-0.2, 0) is 16.0 Å². The zero-order chi connectivity index (χ0) is 14.0. The molecule has 6 heteroatoms. The summed E-state index contributed by atoms with van der Waals surface area (Å²) in [4.78, 5) is 11.6. The van der Waals surface area contributed by atoms with Crippen molar-refractivity contribution in [3.63, 3.8) is 0 Å². The van der Waals surface area contributed by atoms with Gasteiger partial charge in [-0.25, -0.2) is 0 Å². The SMILES string of the molecule is COC(=O)C1CCCc2c(OC(F)(F)F)cccc21. The number of benzene rings is 1. The number of esters is 1. The summed E-state index contributed by atoms with van der Waals surface area (Å²) in [6.45, 7) is 0. The third kappa shape index (κ3) is 3.00. The zero-order valence-electron chi connectivity index (χ0n) is 10.3. The maximum absolute atomic E-state index is 12.3. The number of carbonyl (C=O) groups is 1. The van der Waals surface area contributed by atoms with Gasteiger partial charge < -0.3 is 9.47 Å². The third-order valence-corrected chi connectivity index (χ3v) is 3.18. The molecule has 0 aliphatic heterocycles. The molecular formula is C13H13F3O3. The van der Waals surface area contributed by atoms with Crippen molar-refractivity contribution in [2.75, 3.05) is 7.11 Å². The molecule has 2 rings (SSSR count). The Kier molecular flexibility index (Phi) is 3.68. The van der Waals surface area contributed by atoms with Crippen LogP contribution in [0, 0.1) is 0 Å². The van der Waals surface area contributed by atoms with Crippen LogP contribution in [0.5, 0.6) is 5.75 Å². The van der Waals surface area contributed by atoms with Gasteiger partial charge in [0.25, 0.3) is 0 Å². The Morgan fingerprint density at radius 1 is 1.37 bits per heavy atom. The minimum atomic E-state index is -4.73. The van der Waals surface area contributed by atoms with E-state index >= 15 is 0 Å². The first-order valence-electron chi connectivity index (χ1n) is 5.87. The summed E-state index contributed by atoms with van der Waals surface area (Å²) in [5.41, 5.74) is 1.02. The second-order valence-corrected chi connectivity index (χ2v) is 4.34. The van der Waals surface area contributed by atoms with Crippen LogP contribution in [0.25, 0.3) is 0 Å². The first-order chi connectivity index (χ1) is 8.92. The highest BCUT2D eigenvalue weighted by Gasteiger charge is 2.35. The highest BCUT2D eigenvalue weighted by Crippen LogP contribution is 2.38. The van der Waals surface area contributed by atoms with Crippen molar-refractivity contribution >= 4 is 5.97 Å². The Bertz CT molecular complexity index is 483. The Morgan fingerprint density at radius 2 is 2.11 bits per heavy atom. The van der Waals surface area contributed by atoms with E-state index in [0.29, 0.717) is 30.4 Å². The van der Waals surface area contributed by atoms with Crippen molar-refractivity contribution in [1.82, 2.24) is 0 Å². The molecule has 0 N–H and O–H groups in total. The van der Waals surface area contributed by atoms with Gasteiger partial charge in [0.2, 0.25) is 0 Å². The fourth-order valence-corrected chi connectivity index (χ4v) is 2.42. The lowest BCUT2D eigenvalue weighted by molar-refractivity contribution is -0.274. The Hall–Kier alpha value is -1.72. The van der Waals surface area contributed by atoms with Crippen LogP contribution in [0.1, 0.15) is 29.9 Å². The lowest BCUT2D eigenvalue weighted by atomic mass is 9.82. The molecule has 0 fully saturated rings. The van der Waals surface area contributed by atoms with Crippen molar-refractivity contribution in [2.24, 2.45) is 0 Å². The summed E-state index contributed by atoms with van der Waals surface area (Å²) in [5.74, 6) is -1.16. The molecule has 0 heterocycles. The molecule has 0 spiro atoms. The number of hydrogen-bond donors (Lipinski definition) is 0. The van der Waals surface area contributed by atoms with Crippen molar-refractivity contribution in [3.8, 4) is 5.75 Å². The van der Waals surface area contributed by atoms with Gasteiger partial charge in [0.05, 0.1) is 13.0 Å². The van der Waals surface area contributed by atoms with Crippen LogP contribution >= 0.6 is 0 Å². The fourth-order valence-electron chi connectivity index (χ4n) is 2.42. The van der Waals surface area contributed by atoms with E-state index in [1.54, 1.807) is 6.07 Å². The number of halogens is 3. The molecule has 1 aromatic carbocycles. The van der Waals surface area contributed by atoms with E-state index in [-0.39, 0.29) is 5.75 Å². The van der Waals surface area contributed by atoms with Gasteiger partial charge in [0.1, 0.15) is 5.75 Å². The van der Waals surface area contributed by atoms with Gasteiger partial charge in [-0.1, -0.05) is 12.1 Å². The summed E-state index contributed by atoms with van der Waals surface area (Å²) in [6.07, 6.45) is -3.05. The summed E-state index contributed by atoms with van der Waals surface area (Å²) in [7, 11) is 1.27. The highest BCUT2D eigenvalue weighted by molar-refractivity contribution is 5.79. The predicted molar refractivity (Wildman–Crippen MR) is 60.8 cm³/mol. The van der Waals surface area contributed by atoms with Crippen LogP contribution in [0.15, 0.2) is 18.2 Å². The van der Waals surface area contributed by atoms with Crippen molar-refractivity contribution in [1.29, 1.82) is 0 Å². The average molecular weight is 274 g/mol. The Balaban J connectivity index is 2.38. The molecule has 0 saturated carbocycles. The molecule has 3 nitrogen and oxygen atoms in total. The topological polar surface area (TPSA) is 35.5 Å². The first-order valence-corrected chi connectivity index (χ1v) is 5.87. The van der Waals surface area contributed by atoms with Crippen LogP contribution in [0.3, 0.4) is 0 Å². The third-order valence-electron chi connectivity index (χ3n) is 3.18. The zero-order valence-corrected chi connectivity index (χ0v) is 10.3. The molecule has 1 aliphatic rings. The second kappa shape index (κ2) is 5.11. The molecule has 0 saturated heterocycles. The maximum atomic E-state index is 12.3. The molecule has 0 radical (unpaired) electrons. The second-order valence-electron chi connectivity index (χ2n) is 4.34. The van der Waals surface area contributed by atoms with Crippen LogP contribution in [0.2, 0.25) is 0 Å². The van der Waals surface area contributed by atoms with E-state index in [9.17, 15) is 18.0 Å². The molecule has 0 aromatic heterocycles. The highest BCUT2D eigenvalue weighted by atomic mass is 19.4. The Labute approximate surface area is 108 Å². The van der Waals surface area contributed by atoms with Gasteiger partial charge in [-0.3, -0.25) is 4.79 Å². The first kappa shape index (κ1) is 13.7. The normalized spacial score (nSPS) is 18.6. The number of ether oxygens (including phenoxy) is 2.